The van der Waals surface area contributed by atoms with Gasteiger partial charge in [0, 0.05) is 10.9 Å². The van der Waals surface area contributed by atoms with Crippen LogP contribution in [0, 0.1) is 5.82 Å². The second kappa shape index (κ2) is 4.38. The van der Waals surface area contributed by atoms with E-state index < -0.39 is 11.8 Å². The smallest absolute Gasteiger partial charge is 0.339 e. The van der Waals surface area contributed by atoms with Crippen molar-refractivity contribution in [1.82, 2.24) is 0 Å². The van der Waals surface area contributed by atoms with E-state index >= 15 is 0 Å². The van der Waals surface area contributed by atoms with Gasteiger partial charge in [-0.1, -0.05) is 12.1 Å². The molecule has 4 nitrogen and oxygen atoms in total. The van der Waals surface area contributed by atoms with Crippen LogP contribution in [-0.4, -0.2) is 16.2 Å². The SMILES string of the molecule is O=C(O)c1cc(-c2cc3cccc(F)c3o2)ccc1O. The minimum absolute atomic E-state index is 0.118. The first-order valence-electron chi connectivity index (χ1n) is 5.81. The van der Waals surface area contributed by atoms with Crippen LogP contribution >= 0.6 is 0 Å². The molecule has 0 saturated heterocycles. The summed E-state index contributed by atoms with van der Waals surface area (Å²) < 4.78 is 19.0. The summed E-state index contributed by atoms with van der Waals surface area (Å²) in [4.78, 5) is 11.0. The van der Waals surface area contributed by atoms with Crippen molar-refractivity contribution >= 4 is 16.9 Å². The number of carboxylic acids is 1. The maximum Gasteiger partial charge on any atom is 0.339 e. The van der Waals surface area contributed by atoms with E-state index in [1.54, 1.807) is 18.2 Å². The number of halogens is 1. The Hall–Kier alpha value is -2.82. The third-order valence-electron chi connectivity index (χ3n) is 3.01. The van der Waals surface area contributed by atoms with Gasteiger partial charge in [0.15, 0.2) is 11.4 Å². The molecule has 0 aliphatic rings. The molecule has 0 amide bonds. The molecule has 100 valence electrons. The van der Waals surface area contributed by atoms with Crippen molar-refractivity contribution in [3.05, 3.63) is 53.8 Å². The van der Waals surface area contributed by atoms with Crippen LogP contribution in [0.25, 0.3) is 22.3 Å². The summed E-state index contributed by atoms with van der Waals surface area (Å²) in [6, 6.07) is 10.2. The largest absolute Gasteiger partial charge is 0.507 e. The predicted octanol–water partition coefficient (Wildman–Crippen LogP) is 3.64. The van der Waals surface area contributed by atoms with E-state index in [0.717, 1.165) is 0 Å². The highest BCUT2D eigenvalue weighted by molar-refractivity contribution is 5.93. The van der Waals surface area contributed by atoms with Gasteiger partial charge in [0.05, 0.1) is 0 Å². The van der Waals surface area contributed by atoms with Gasteiger partial charge < -0.3 is 14.6 Å². The molecule has 0 saturated carbocycles. The van der Waals surface area contributed by atoms with Crippen molar-refractivity contribution in [1.29, 1.82) is 0 Å². The number of rotatable bonds is 2. The minimum Gasteiger partial charge on any atom is -0.507 e. The molecule has 0 atom stereocenters. The van der Waals surface area contributed by atoms with E-state index in [4.69, 9.17) is 9.52 Å². The quantitative estimate of drug-likeness (QED) is 0.747. The van der Waals surface area contributed by atoms with E-state index in [-0.39, 0.29) is 16.9 Å². The molecule has 0 spiro atoms. The van der Waals surface area contributed by atoms with Crippen LogP contribution in [0.3, 0.4) is 0 Å². The van der Waals surface area contributed by atoms with Crippen LogP contribution in [0.1, 0.15) is 10.4 Å². The lowest BCUT2D eigenvalue weighted by molar-refractivity contribution is 0.0694. The highest BCUT2D eigenvalue weighted by Gasteiger charge is 2.14. The second-order valence-electron chi connectivity index (χ2n) is 4.31. The Bertz CT molecular complexity index is 820. The topological polar surface area (TPSA) is 70.7 Å². The number of hydrogen-bond acceptors (Lipinski definition) is 3. The molecule has 2 N–H and O–H groups in total. The standard InChI is InChI=1S/C15H9FO4/c16-11-3-1-2-9-7-13(20-14(9)11)8-4-5-12(17)10(6-8)15(18)19/h1-7,17H,(H,18,19). The maximum absolute atomic E-state index is 13.6. The van der Waals surface area contributed by atoms with Gasteiger partial charge in [0.1, 0.15) is 17.1 Å². The van der Waals surface area contributed by atoms with Gasteiger partial charge in [-0.15, -0.1) is 0 Å². The highest BCUT2D eigenvalue weighted by Crippen LogP contribution is 2.31. The molecule has 5 heteroatoms. The number of para-hydroxylation sites is 1. The molecule has 1 heterocycles. The first-order chi connectivity index (χ1) is 9.56. The first-order valence-corrected chi connectivity index (χ1v) is 5.81. The summed E-state index contributed by atoms with van der Waals surface area (Å²) in [6.07, 6.45) is 0. The van der Waals surface area contributed by atoms with Crippen molar-refractivity contribution in [3.8, 4) is 17.1 Å². The highest BCUT2D eigenvalue weighted by atomic mass is 19.1. The van der Waals surface area contributed by atoms with Gasteiger partial charge in [-0.25, -0.2) is 9.18 Å². The van der Waals surface area contributed by atoms with Gasteiger partial charge in [-0.05, 0) is 30.3 Å². The van der Waals surface area contributed by atoms with Gasteiger partial charge in [-0.2, -0.15) is 0 Å². The zero-order valence-corrected chi connectivity index (χ0v) is 10.1. The number of fused-ring (bicyclic) bond motifs is 1. The Morgan fingerprint density at radius 2 is 1.95 bits per heavy atom. The Labute approximate surface area is 112 Å². The molecule has 2 aromatic carbocycles. The van der Waals surface area contributed by atoms with E-state index in [9.17, 15) is 14.3 Å². The van der Waals surface area contributed by atoms with Crippen molar-refractivity contribution in [2.75, 3.05) is 0 Å². The number of aromatic carboxylic acids is 1. The Balaban J connectivity index is 2.18. The molecule has 1 aromatic heterocycles. The minimum atomic E-state index is -1.24. The number of aromatic hydroxyl groups is 1. The van der Waals surface area contributed by atoms with E-state index in [1.165, 1.54) is 24.3 Å². The van der Waals surface area contributed by atoms with E-state index in [1.807, 2.05) is 0 Å². The Morgan fingerprint density at radius 3 is 2.65 bits per heavy atom. The summed E-state index contributed by atoms with van der Waals surface area (Å²) in [6.45, 7) is 0. The number of carboxylic acid groups (broad SMARTS) is 1. The lowest BCUT2D eigenvalue weighted by atomic mass is 10.1. The lowest BCUT2D eigenvalue weighted by Crippen LogP contribution is -1.96. The fourth-order valence-electron chi connectivity index (χ4n) is 2.03. The van der Waals surface area contributed by atoms with Crippen molar-refractivity contribution in [2.45, 2.75) is 0 Å². The molecule has 0 radical (unpaired) electrons. The van der Waals surface area contributed by atoms with Crippen molar-refractivity contribution in [2.24, 2.45) is 0 Å². The predicted molar refractivity (Wildman–Crippen MR) is 70.2 cm³/mol. The van der Waals surface area contributed by atoms with Gasteiger partial charge in [-0.3, -0.25) is 0 Å². The average molecular weight is 272 g/mol. The van der Waals surface area contributed by atoms with Crippen LogP contribution in [0.5, 0.6) is 5.75 Å². The van der Waals surface area contributed by atoms with Crippen LogP contribution in [0.15, 0.2) is 46.9 Å². The van der Waals surface area contributed by atoms with Gasteiger partial charge in [0.2, 0.25) is 0 Å². The number of benzene rings is 2. The zero-order chi connectivity index (χ0) is 14.3. The van der Waals surface area contributed by atoms with Gasteiger partial charge in [0.25, 0.3) is 0 Å². The monoisotopic (exact) mass is 272 g/mol. The first kappa shape index (κ1) is 12.2. The summed E-state index contributed by atoms with van der Waals surface area (Å²) in [5, 5.41) is 19.0. The molecular weight excluding hydrogens is 263 g/mol. The summed E-state index contributed by atoms with van der Waals surface area (Å²) in [5.41, 5.74) is 0.340. The van der Waals surface area contributed by atoms with Gasteiger partial charge >= 0.3 is 5.97 Å². The summed E-state index contributed by atoms with van der Waals surface area (Å²) in [5.74, 6) is -1.71. The molecule has 0 aliphatic carbocycles. The Morgan fingerprint density at radius 1 is 1.15 bits per heavy atom. The second-order valence-corrected chi connectivity index (χ2v) is 4.31. The molecule has 0 unspecified atom stereocenters. The number of carbonyl (C=O) groups is 1. The van der Waals surface area contributed by atoms with Crippen LogP contribution in [0.2, 0.25) is 0 Å². The average Bonchev–Trinajstić information content (AvgIpc) is 2.84. The fraction of sp³-hybridized carbons (Fsp3) is 0. The number of furan rings is 1. The summed E-state index contributed by atoms with van der Waals surface area (Å²) in [7, 11) is 0. The van der Waals surface area contributed by atoms with Crippen molar-refractivity contribution in [3.63, 3.8) is 0 Å². The van der Waals surface area contributed by atoms with Crippen LogP contribution < -0.4 is 0 Å². The molecular formula is C15H9FO4. The molecule has 3 aromatic rings. The van der Waals surface area contributed by atoms with Crippen molar-refractivity contribution < 1.29 is 23.8 Å². The normalized spacial score (nSPS) is 10.8. The Kier molecular flexibility index (Phi) is 2.68. The number of hydrogen-bond donors (Lipinski definition) is 2. The van der Waals surface area contributed by atoms with E-state index in [0.29, 0.717) is 16.7 Å². The maximum atomic E-state index is 13.6. The van der Waals surface area contributed by atoms with Crippen LogP contribution in [-0.2, 0) is 0 Å². The third-order valence-corrected chi connectivity index (χ3v) is 3.01. The number of phenols is 1. The zero-order valence-electron chi connectivity index (χ0n) is 10.1. The van der Waals surface area contributed by atoms with Crippen LogP contribution in [0.4, 0.5) is 4.39 Å². The molecule has 0 aliphatic heterocycles. The molecule has 0 fully saturated rings. The third kappa shape index (κ3) is 1.89. The molecule has 3 rings (SSSR count). The van der Waals surface area contributed by atoms with E-state index in [2.05, 4.69) is 0 Å². The lowest BCUT2D eigenvalue weighted by Gasteiger charge is -2.02. The molecule has 20 heavy (non-hydrogen) atoms. The molecule has 0 bridgehead atoms. The fourth-order valence-corrected chi connectivity index (χ4v) is 2.03. The summed E-state index contributed by atoms with van der Waals surface area (Å²) >= 11 is 0.